The summed E-state index contributed by atoms with van der Waals surface area (Å²) in [6.45, 7) is 7.67. The van der Waals surface area contributed by atoms with Gasteiger partial charge in [0.1, 0.15) is 10.6 Å². The van der Waals surface area contributed by atoms with E-state index in [1.54, 1.807) is 31.7 Å². The molecule has 3 aromatic rings. The van der Waals surface area contributed by atoms with Crippen LogP contribution in [0.5, 0.6) is 0 Å². The molecular weight excluding hydrogens is 602 g/mol. The SMILES string of the molecule is CC(=O)N(Cc1cccc(NC(=O)OC(C)(C)C)c1)Cc1cccc(Nc2nc(Cl)ncc2Cl)c1.O=C(O)C(F)(F)F. The molecule has 0 saturated carbocycles. The number of aromatic nitrogens is 2. The summed E-state index contributed by atoms with van der Waals surface area (Å²) in [5.41, 5.74) is 2.51. The molecule has 2 amide bonds. The molecule has 0 spiro atoms. The third-order valence-corrected chi connectivity index (χ3v) is 5.37. The highest BCUT2D eigenvalue weighted by Crippen LogP contribution is 2.25. The fraction of sp³-hybridized carbons (Fsp3) is 0.296. The Hall–Kier alpha value is -4.10. The maximum absolute atomic E-state index is 12.4. The summed E-state index contributed by atoms with van der Waals surface area (Å²) in [6, 6.07) is 14.9. The summed E-state index contributed by atoms with van der Waals surface area (Å²) in [6.07, 6.45) is -4.20. The Kier molecular flexibility index (Phi) is 11.9. The average Bonchev–Trinajstić information content (AvgIpc) is 2.85. The lowest BCUT2D eigenvalue weighted by Crippen LogP contribution is -2.28. The summed E-state index contributed by atoms with van der Waals surface area (Å²) in [5.74, 6) is -2.45. The van der Waals surface area contributed by atoms with Crippen molar-refractivity contribution in [2.45, 2.75) is 52.6 Å². The number of alkyl halides is 3. The van der Waals surface area contributed by atoms with Crippen molar-refractivity contribution >= 4 is 58.4 Å². The van der Waals surface area contributed by atoms with Crippen LogP contribution in [0.3, 0.4) is 0 Å². The van der Waals surface area contributed by atoms with Gasteiger partial charge in [0.25, 0.3) is 0 Å². The van der Waals surface area contributed by atoms with E-state index in [0.717, 1.165) is 16.8 Å². The number of amides is 2. The number of rotatable bonds is 7. The van der Waals surface area contributed by atoms with Gasteiger partial charge in [0.2, 0.25) is 11.2 Å². The van der Waals surface area contributed by atoms with Crippen molar-refractivity contribution in [2.75, 3.05) is 10.6 Å². The predicted octanol–water partition coefficient (Wildman–Crippen LogP) is 7.06. The number of hydrogen-bond acceptors (Lipinski definition) is 7. The number of ether oxygens (including phenoxy) is 1. The van der Waals surface area contributed by atoms with Gasteiger partial charge in [-0.25, -0.2) is 14.6 Å². The van der Waals surface area contributed by atoms with Gasteiger partial charge in [-0.1, -0.05) is 35.9 Å². The maximum Gasteiger partial charge on any atom is 0.490 e. The minimum Gasteiger partial charge on any atom is -0.475 e. The number of aliphatic carboxylic acids is 1. The fourth-order valence-electron chi connectivity index (χ4n) is 3.21. The van der Waals surface area contributed by atoms with Crippen LogP contribution < -0.4 is 10.6 Å². The lowest BCUT2D eigenvalue weighted by atomic mass is 10.1. The summed E-state index contributed by atoms with van der Waals surface area (Å²) in [4.78, 5) is 43.0. The van der Waals surface area contributed by atoms with Crippen LogP contribution in [-0.4, -0.2) is 49.7 Å². The Morgan fingerprint density at radius 1 is 0.976 bits per heavy atom. The van der Waals surface area contributed by atoms with Crippen molar-refractivity contribution in [3.63, 3.8) is 0 Å². The molecule has 0 aliphatic rings. The van der Waals surface area contributed by atoms with Gasteiger partial charge >= 0.3 is 18.2 Å². The first-order chi connectivity index (χ1) is 19.4. The molecule has 0 fully saturated rings. The standard InChI is InChI=1S/C25H27Cl2N5O3.C2HF3O2/c1-16(33)32(15-18-8-6-10-20(12-18)30-24(34)35-25(2,3)4)14-17-7-5-9-19(11-17)29-22-21(26)13-28-23(27)31-22;3-2(4,5)1(6)7/h5-13H,14-15H2,1-4H3,(H,30,34)(H,28,29,31);(H,6,7). The molecule has 15 heteroatoms. The fourth-order valence-corrected chi connectivity index (χ4v) is 3.48. The minimum absolute atomic E-state index is 0.0826. The number of carbonyl (C=O) groups is 3. The second-order valence-electron chi connectivity index (χ2n) is 9.67. The van der Waals surface area contributed by atoms with Crippen molar-refractivity contribution < 1.29 is 37.4 Å². The Labute approximate surface area is 249 Å². The first-order valence-electron chi connectivity index (χ1n) is 12.1. The van der Waals surface area contributed by atoms with Crippen molar-refractivity contribution in [1.29, 1.82) is 0 Å². The number of carboxylic acid groups (broad SMARTS) is 1. The van der Waals surface area contributed by atoms with Crippen LogP contribution in [0.4, 0.5) is 35.2 Å². The molecule has 10 nitrogen and oxygen atoms in total. The number of nitrogens with one attached hydrogen (secondary N) is 2. The number of carbonyl (C=O) groups excluding carboxylic acids is 2. The van der Waals surface area contributed by atoms with Crippen molar-refractivity contribution in [3.05, 3.63) is 76.2 Å². The van der Waals surface area contributed by atoms with E-state index in [1.165, 1.54) is 13.1 Å². The van der Waals surface area contributed by atoms with Crippen LogP contribution in [-0.2, 0) is 27.4 Å². The highest BCUT2D eigenvalue weighted by Gasteiger charge is 2.38. The van der Waals surface area contributed by atoms with E-state index in [1.807, 2.05) is 42.5 Å². The quantitative estimate of drug-likeness (QED) is 0.237. The normalized spacial score (nSPS) is 11.1. The van der Waals surface area contributed by atoms with E-state index >= 15 is 0 Å². The molecule has 0 unspecified atom stereocenters. The largest absolute Gasteiger partial charge is 0.490 e. The molecule has 1 heterocycles. The second kappa shape index (κ2) is 14.7. The average molecular weight is 630 g/mol. The molecule has 0 atom stereocenters. The first kappa shape index (κ1) is 34.1. The van der Waals surface area contributed by atoms with Crippen LogP contribution in [0.25, 0.3) is 0 Å². The molecule has 2 aromatic carbocycles. The first-order valence-corrected chi connectivity index (χ1v) is 12.9. The zero-order valence-corrected chi connectivity index (χ0v) is 24.4. The molecule has 0 aliphatic carbocycles. The van der Waals surface area contributed by atoms with E-state index in [4.69, 9.17) is 37.8 Å². The van der Waals surface area contributed by atoms with Gasteiger partial charge in [-0.05, 0) is 67.8 Å². The van der Waals surface area contributed by atoms with E-state index < -0.39 is 23.8 Å². The van der Waals surface area contributed by atoms with Gasteiger partial charge in [0.15, 0.2) is 5.82 Å². The van der Waals surface area contributed by atoms with Gasteiger partial charge in [-0.3, -0.25) is 10.1 Å². The van der Waals surface area contributed by atoms with Crippen LogP contribution in [0, 0.1) is 0 Å². The summed E-state index contributed by atoms with van der Waals surface area (Å²) in [7, 11) is 0. The van der Waals surface area contributed by atoms with Crippen LogP contribution in [0.15, 0.2) is 54.7 Å². The summed E-state index contributed by atoms with van der Waals surface area (Å²) >= 11 is 12.0. The Morgan fingerprint density at radius 3 is 2.00 bits per heavy atom. The van der Waals surface area contributed by atoms with Crippen LogP contribution in [0.2, 0.25) is 10.3 Å². The zero-order valence-electron chi connectivity index (χ0n) is 22.9. The van der Waals surface area contributed by atoms with Gasteiger partial charge in [-0.2, -0.15) is 18.2 Å². The monoisotopic (exact) mass is 629 g/mol. The molecule has 0 bridgehead atoms. The molecule has 3 rings (SSSR count). The number of benzene rings is 2. The number of anilines is 3. The summed E-state index contributed by atoms with van der Waals surface area (Å²) in [5, 5.41) is 13.4. The van der Waals surface area contributed by atoms with Gasteiger partial charge in [0.05, 0.1) is 6.20 Å². The van der Waals surface area contributed by atoms with Gasteiger partial charge in [0, 0.05) is 31.4 Å². The highest BCUT2D eigenvalue weighted by molar-refractivity contribution is 6.33. The van der Waals surface area contributed by atoms with Crippen molar-refractivity contribution in [1.82, 2.24) is 14.9 Å². The Morgan fingerprint density at radius 2 is 1.50 bits per heavy atom. The third kappa shape index (κ3) is 12.2. The van der Waals surface area contributed by atoms with Gasteiger partial charge < -0.3 is 20.1 Å². The van der Waals surface area contributed by atoms with Crippen LogP contribution >= 0.6 is 23.2 Å². The number of carboxylic acids is 1. The van der Waals surface area contributed by atoms with Gasteiger partial charge in [-0.15, -0.1) is 0 Å². The summed E-state index contributed by atoms with van der Waals surface area (Å²) < 4.78 is 37.0. The Balaban J connectivity index is 0.000000782. The second-order valence-corrected chi connectivity index (χ2v) is 10.4. The smallest absolute Gasteiger partial charge is 0.475 e. The molecular formula is C27H28Cl2F3N5O5. The molecule has 0 aliphatic heterocycles. The lowest BCUT2D eigenvalue weighted by molar-refractivity contribution is -0.192. The van der Waals surface area contributed by atoms with Crippen molar-refractivity contribution in [3.8, 4) is 0 Å². The topological polar surface area (TPSA) is 134 Å². The molecule has 1 aromatic heterocycles. The third-order valence-electron chi connectivity index (χ3n) is 4.91. The molecule has 3 N–H and O–H groups in total. The van der Waals surface area contributed by atoms with E-state index in [2.05, 4.69) is 20.6 Å². The molecule has 226 valence electrons. The molecule has 0 radical (unpaired) electrons. The predicted molar refractivity (Wildman–Crippen MR) is 152 cm³/mol. The van der Waals surface area contributed by atoms with Crippen LogP contribution in [0.1, 0.15) is 38.8 Å². The number of hydrogen-bond donors (Lipinski definition) is 3. The highest BCUT2D eigenvalue weighted by atomic mass is 35.5. The molecule has 42 heavy (non-hydrogen) atoms. The molecule has 0 saturated heterocycles. The van der Waals surface area contributed by atoms with Crippen molar-refractivity contribution in [2.24, 2.45) is 0 Å². The Bertz CT molecular complexity index is 1420. The maximum atomic E-state index is 12.4. The van der Waals surface area contributed by atoms with E-state index in [9.17, 15) is 22.8 Å². The van der Waals surface area contributed by atoms with E-state index in [-0.39, 0.29) is 11.2 Å². The number of halogens is 5. The lowest BCUT2D eigenvalue weighted by Gasteiger charge is -2.22. The zero-order chi connectivity index (χ0) is 31.7. The number of nitrogens with zero attached hydrogens (tertiary/aromatic N) is 3. The van der Waals surface area contributed by atoms with E-state index in [0.29, 0.717) is 29.6 Å². The minimum atomic E-state index is -5.08.